The SMILES string of the molecule is CCOC(=O)c1cc(C#N)c(N2CC(C(=O)[AsH]S(=O)(=O)Cc3ccccc3C#N)C2)nc1C(F)F. The first-order valence-corrected chi connectivity index (χ1v) is 15.5. The van der Waals surface area contributed by atoms with Crippen LogP contribution in [0.2, 0.25) is 0 Å². The van der Waals surface area contributed by atoms with Gasteiger partial charge in [-0.3, -0.25) is 0 Å². The number of carbonyl (C=O) groups excluding carboxylic acids is 2. The van der Waals surface area contributed by atoms with Crippen LogP contribution in [0.25, 0.3) is 0 Å². The van der Waals surface area contributed by atoms with Gasteiger partial charge in [-0.1, -0.05) is 0 Å². The molecule has 0 spiro atoms. The number of aromatic nitrogens is 1. The summed E-state index contributed by atoms with van der Waals surface area (Å²) in [6.45, 7) is 1.48. The molecule has 1 atom stereocenters. The third-order valence-electron chi connectivity index (χ3n) is 5.15. The molecule has 1 saturated heterocycles. The Morgan fingerprint density at radius 2 is 1.89 bits per heavy atom. The zero-order valence-corrected chi connectivity index (χ0v) is 21.3. The first-order valence-electron chi connectivity index (χ1n) is 10.3. The van der Waals surface area contributed by atoms with Crippen LogP contribution in [0.4, 0.5) is 14.6 Å². The Kier molecular flexibility index (Phi) is 8.21. The van der Waals surface area contributed by atoms with E-state index in [4.69, 9.17) is 10.00 Å². The van der Waals surface area contributed by atoms with Gasteiger partial charge in [-0.05, 0) is 0 Å². The Morgan fingerprint density at radius 3 is 2.49 bits per heavy atom. The number of rotatable bonds is 9. The normalized spacial score (nSPS) is 13.9. The van der Waals surface area contributed by atoms with Crippen LogP contribution in [-0.4, -0.2) is 58.2 Å². The number of anilines is 1. The molecule has 0 N–H and O–H groups in total. The van der Waals surface area contributed by atoms with Crippen molar-refractivity contribution in [2.75, 3.05) is 24.6 Å². The average molecular weight is 564 g/mol. The van der Waals surface area contributed by atoms with Crippen LogP contribution in [0.5, 0.6) is 0 Å². The number of hydrogen-bond acceptors (Lipinski definition) is 9. The van der Waals surface area contributed by atoms with Crippen molar-refractivity contribution in [3.63, 3.8) is 0 Å². The minimum atomic E-state index is -3.73. The van der Waals surface area contributed by atoms with E-state index in [9.17, 15) is 32.0 Å². The summed E-state index contributed by atoms with van der Waals surface area (Å²) in [5.74, 6) is -2.19. The fourth-order valence-electron chi connectivity index (χ4n) is 3.43. The molecular formula is C22H19AsF2N4O5S. The van der Waals surface area contributed by atoms with Crippen molar-refractivity contribution in [2.45, 2.75) is 19.1 Å². The predicted molar refractivity (Wildman–Crippen MR) is 122 cm³/mol. The average Bonchev–Trinajstić information content (AvgIpc) is 2.77. The van der Waals surface area contributed by atoms with Gasteiger partial charge in [-0.2, -0.15) is 0 Å². The standard InChI is InChI=1S/C22H19AsF2N4O5S/c1-2-34-22(31)17-7-15(9-27)21(28-18(17)20(24)25)29-10-16(11-29)19(30)23-35(32,33)12-14-6-4-3-5-13(14)8-26/h3-7,16,20,23H,2,10-12H2,1H3. The molecule has 2 aromatic rings. The predicted octanol–water partition coefficient (Wildman–Crippen LogP) is 1.87. The second kappa shape index (κ2) is 10.9. The fourth-order valence-corrected chi connectivity index (χ4v) is 9.43. The van der Waals surface area contributed by atoms with Gasteiger partial charge in [-0.15, -0.1) is 0 Å². The van der Waals surface area contributed by atoms with E-state index in [0.717, 1.165) is 6.07 Å². The Hall–Kier alpha value is -3.34. The Morgan fingerprint density at radius 1 is 1.23 bits per heavy atom. The van der Waals surface area contributed by atoms with Gasteiger partial charge in [0.1, 0.15) is 0 Å². The number of hydrogen-bond donors (Lipinski definition) is 0. The molecule has 3 rings (SSSR count). The van der Waals surface area contributed by atoms with Gasteiger partial charge >= 0.3 is 206 Å². The molecule has 1 fully saturated rings. The van der Waals surface area contributed by atoms with E-state index < -0.39 is 62.6 Å². The van der Waals surface area contributed by atoms with Gasteiger partial charge in [0.05, 0.1) is 0 Å². The molecule has 182 valence electrons. The molecule has 1 aromatic heterocycles. The van der Waals surface area contributed by atoms with Crippen molar-refractivity contribution in [3.8, 4) is 12.1 Å². The summed E-state index contributed by atoms with van der Waals surface area (Å²) in [5.41, 5.74) is -0.933. The van der Waals surface area contributed by atoms with Crippen LogP contribution in [0.1, 0.15) is 46.1 Å². The Labute approximate surface area is 205 Å². The summed E-state index contributed by atoms with van der Waals surface area (Å²) in [6.07, 6.45) is -3.10. The van der Waals surface area contributed by atoms with Crippen LogP contribution >= 0.6 is 0 Å². The molecule has 0 aliphatic carbocycles. The summed E-state index contributed by atoms with van der Waals surface area (Å²) in [5, 5.41) is 18.6. The summed E-state index contributed by atoms with van der Waals surface area (Å²) >= 11 is -2.09. The Balaban J connectivity index is 1.73. The number of benzene rings is 1. The van der Waals surface area contributed by atoms with Gasteiger partial charge in [0.25, 0.3) is 0 Å². The van der Waals surface area contributed by atoms with Crippen LogP contribution in [0.15, 0.2) is 30.3 Å². The van der Waals surface area contributed by atoms with E-state index in [-0.39, 0.29) is 36.6 Å². The summed E-state index contributed by atoms with van der Waals surface area (Å²) < 4.78 is 56.6. The number of pyridine rings is 1. The first kappa shape index (κ1) is 26.3. The Bertz CT molecular complexity index is 1350. The molecule has 1 aliphatic heterocycles. The van der Waals surface area contributed by atoms with E-state index in [2.05, 4.69) is 4.98 Å². The van der Waals surface area contributed by atoms with Gasteiger partial charge in [0.2, 0.25) is 0 Å². The van der Waals surface area contributed by atoms with Gasteiger partial charge in [0.15, 0.2) is 0 Å². The second-order valence-corrected chi connectivity index (χ2v) is 15.5. The number of esters is 1. The van der Waals surface area contributed by atoms with Crippen LogP contribution in [0.3, 0.4) is 0 Å². The number of ether oxygens (including phenoxy) is 1. The van der Waals surface area contributed by atoms with Crippen molar-refractivity contribution in [3.05, 3.63) is 58.3 Å². The van der Waals surface area contributed by atoms with E-state index >= 15 is 0 Å². The summed E-state index contributed by atoms with van der Waals surface area (Å²) in [7, 11) is -3.73. The zero-order chi connectivity index (χ0) is 25.8. The number of carbonyl (C=O) groups is 2. The van der Waals surface area contributed by atoms with E-state index in [1.807, 2.05) is 12.1 Å². The molecule has 2 heterocycles. The number of nitriles is 2. The molecule has 13 heteroatoms. The molecular weight excluding hydrogens is 545 g/mol. The monoisotopic (exact) mass is 564 g/mol. The molecule has 1 aliphatic rings. The number of halogens is 2. The van der Waals surface area contributed by atoms with Crippen molar-refractivity contribution >= 4 is 39.1 Å². The van der Waals surface area contributed by atoms with E-state index in [1.165, 1.54) is 24.0 Å². The molecule has 9 nitrogen and oxygen atoms in total. The maximum atomic E-state index is 13.5. The fraction of sp³-hybridized carbons (Fsp3) is 0.318. The van der Waals surface area contributed by atoms with E-state index in [1.54, 1.807) is 12.1 Å². The number of alkyl halides is 2. The molecule has 0 bridgehead atoms. The second-order valence-electron chi connectivity index (χ2n) is 7.52. The molecule has 0 amide bonds. The van der Waals surface area contributed by atoms with Crippen LogP contribution in [0, 0.1) is 28.6 Å². The van der Waals surface area contributed by atoms with Crippen molar-refractivity contribution < 1.29 is 31.5 Å². The quantitative estimate of drug-likeness (QED) is 0.330. The van der Waals surface area contributed by atoms with E-state index in [0.29, 0.717) is 5.56 Å². The molecule has 1 unspecified atom stereocenters. The van der Waals surface area contributed by atoms with Gasteiger partial charge < -0.3 is 0 Å². The van der Waals surface area contributed by atoms with Crippen molar-refractivity contribution in [1.29, 1.82) is 10.5 Å². The summed E-state index contributed by atoms with van der Waals surface area (Å²) in [4.78, 5) is 29.9. The minimum absolute atomic E-state index is 0.00967. The molecule has 0 radical (unpaired) electrons. The van der Waals surface area contributed by atoms with Gasteiger partial charge in [0, 0.05) is 0 Å². The number of nitrogens with zero attached hydrogens (tertiary/aromatic N) is 4. The third kappa shape index (κ3) is 6.02. The maximum absolute atomic E-state index is 13.5. The first-order chi connectivity index (χ1) is 16.6. The molecule has 0 saturated carbocycles. The zero-order valence-electron chi connectivity index (χ0n) is 18.4. The third-order valence-corrected chi connectivity index (χ3v) is 11.3. The molecule has 35 heavy (non-hydrogen) atoms. The van der Waals surface area contributed by atoms with Crippen molar-refractivity contribution in [2.24, 2.45) is 5.92 Å². The summed E-state index contributed by atoms with van der Waals surface area (Å²) in [6, 6.07) is 11.0. The van der Waals surface area contributed by atoms with Crippen LogP contribution in [-0.2, 0) is 23.4 Å². The molecule has 1 aromatic carbocycles. The van der Waals surface area contributed by atoms with Crippen LogP contribution < -0.4 is 4.90 Å². The van der Waals surface area contributed by atoms with Gasteiger partial charge in [-0.25, -0.2) is 0 Å². The topological polar surface area (TPSA) is 141 Å². The van der Waals surface area contributed by atoms with Crippen molar-refractivity contribution in [1.82, 2.24) is 4.98 Å².